The van der Waals surface area contributed by atoms with Crippen LogP contribution < -0.4 is 10.9 Å². The summed E-state index contributed by atoms with van der Waals surface area (Å²) in [6, 6.07) is 9.78. The predicted octanol–water partition coefficient (Wildman–Crippen LogP) is 5.91. The number of benzene rings is 2. The van der Waals surface area contributed by atoms with Gasteiger partial charge in [0.05, 0.1) is 11.1 Å². The van der Waals surface area contributed by atoms with E-state index in [1.807, 2.05) is 6.92 Å². The molecular weight excluding hydrogens is 365 g/mol. The second kappa shape index (κ2) is 8.85. The van der Waals surface area contributed by atoms with Crippen LogP contribution in [-0.2, 0) is 12.4 Å². The van der Waals surface area contributed by atoms with Gasteiger partial charge in [0.25, 0.3) is 0 Å². The molecule has 0 unspecified atom stereocenters. The lowest BCUT2D eigenvalue weighted by Crippen LogP contribution is -2.42. The number of unbranched alkanes of at least 4 members (excludes halogenated alkanes) is 3. The molecule has 0 nitrogen and oxygen atoms in total. The molecule has 0 aliphatic rings. The normalized spacial score (nSPS) is 12.3. The first-order valence-electron chi connectivity index (χ1n) is 8.97. The Kier molecular flexibility index (Phi) is 7.01. The zero-order chi connectivity index (χ0) is 20.1. The fraction of sp³-hybridized carbons (Fsp3) is 0.400. The van der Waals surface area contributed by atoms with Crippen LogP contribution >= 0.6 is 0 Å². The van der Waals surface area contributed by atoms with Gasteiger partial charge in [-0.3, -0.25) is 0 Å². The summed E-state index contributed by atoms with van der Waals surface area (Å²) < 4.78 is 78.3. The molecule has 0 aliphatic heterocycles. The first-order valence-corrected chi connectivity index (χ1v) is 8.97. The SMILES string of the molecule is CCCCCCB(c1cccc(C(F)(F)F)c1)c1cccc(C(F)(F)F)c1. The van der Waals surface area contributed by atoms with Crippen LogP contribution in [0.3, 0.4) is 0 Å². The second-order valence-electron chi connectivity index (χ2n) is 6.65. The molecule has 0 amide bonds. The predicted molar refractivity (Wildman–Crippen MR) is 96.9 cm³/mol. The lowest BCUT2D eigenvalue weighted by atomic mass is 9.38. The monoisotopic (exact) mass is 386 g/mol. The van der Waals surface area contributed by atoms with E-state index in [2.05, 4.69) is 0 Å². The molecule has 2 aromatic carbocycles. The van der Waals surface area contributed by atoms with Gasteiger partial charge in [-0.15, -0.1) is 0 Å². The average Bonchev–Trinajstić information content (AvgIpc) is 2.60. The summed E-state index contributed by atoms with van der Waals surface area (Å²) in [5.41, 5.74) is -0.794. The topological polar surface area (TPSA) is 0 Å². The molecular formula is C20H21BF6. The van der Waals surface area contributed by atoms with E-state index in [9.17, 15) is 26.3 Å². The number of rotatable bonds is 7. The molecule has 0 heterocycles. The molecule has 7 heteroatoms. The Balaban J connectivity index is 2.40. The summed E-state index contributed by atoms with van der Waals surface area (Å²) in [5.74, 6) is 0. The Hall–Kier alpha value is -1.92. The summed E-state index contributed by atoms with van der Waals surface area (Å²) in [5, 5.41) is 0. The van der Waals surface area contributed by atoms with Crippen molar-refractivity contribution in [3.63, 3.8) is 0 Å². The Bertz CT molecular complexity index is 678. The van der Waals surface area contributed by atoms with Crippen molar-refractivity contribution in [1.82, 2.24) is 0 Å². The molecule has 0 fully saturated rings. The van der Waals surface area contributed by atoms with Gasteiger partial charge in [-0.1, -0.05) is 98.4 Å². The highest BCUT2D eigenvalue weighted by atomic mass is 19.4. The number of hydrogen-bond donors (Lipinski definition) is 0. The van der Waals surface area contributed by atoms with Gasteiger partial charge in [-0.2, -0.15) is 26.3 Å². The van der Waals surface area contributed by atoms with Crippen molar-refractivity contribution in [1.29, 1.82) is 0 Å². The lowest BCUT2D eigenvalue weighted by Gasteiger charge is -2.18. The first kappa shape index (κ1) is 21.4. The maximum atomic E-state index is 13.1. The van der Waals surface area contributed by atoms with Crippen LogP contribution in [0.4, 0.5) is 26.3 Å². The molecule has 2 rings (SSSR count). The van der Waals surface area contributed by atoms with Crippen LogP contribution in [0.5, 0.6) is 0 Å². The molecule has 0 aromatic heterocycles. The smallest absolute Gasteiger partial charge is 0.166 e. The molecule has 0 radical (unpaired) electrons. The van der Waals surface area contributed by atoms with E-state index < -0.39 is 30.2 Å². The Labute approximate surface area is 155 Å². The summed E-state index contributed by atoms with van der Waals surface area (Å²) in [6.07, 6.45) is -4.86. The third-order valence-corrected chi connectivity index (χ3v) is 4.58. The minimum Gasteiger partial charge on any atom is -0.166 e. The van der Waals surface area contributed by atoms with E-state index in [1.54, 1.807) is 12.1 Å². The van der Waals surface area contributed by atoms with Crippen LogP contribution in [0, 0.1) is 0 Å². The van der Waals surface area contributed by atoms with Gasteiger partial charge in [-0.25, -0.2) is 0 Å². The third kappa shape index (κ3) is 6.04. The molecule has 0 spiro atoms. The molecule has 0 saturated carbocycles. The molecule has 2 aromatic rings. The number of halogens is 6. The molecule has 146 valence electrons. The van der Waals surface area contributed by atoms with Gasteiger partial charge in [0.1, 0.15) is 0 Å². The number of alkyl halides is 6. The Morgan fingerprint density at radius 3 is 1.59 bits per heavy atom. The highest BCUT2D eigenvalue weighted by Gasteiger charge is 2.33. The Morgan fingerprint density at radius 2 is 1.19 bits per heavy atom. The largest absolute Gasteiger partial charge is 0.416 e. The van der Waals surface area contributed by atoms with Gasteiger partial charge >= 0.3 is 12.4 Å². The first-order chi connectivity index (χ1) is 12.6. The zero-order valence-electron chi connectivity index (χ0n) is 15.0. The molecule has 0 bridgehead atoms. The minimum absolute atomic E-state index is 0.389. The third-order valence-electron chi connectivity index (χ3n) is 4.58. The highest BCUT2D eigenvalue weighted by Crippen LogP contribution is 2.29. The summed E-state index contributed by atoms with van der Waals surface area (Å²) in [4.78, 5) is 0. The maximum absolute atomic E-state index is 13.1. The van der Waals surface area contributed by atoms with Crippen molar-refractivity contribution in [2.75, 3.05) is 0 Å². The minimum atomic E-state index is -4.49. The van der Waals surface area contributed by atoms with Crippen LogP contribution in [-0.4, -0.2) is 6.71 Å². The van der Waals surface area contributed by atoms with E-state index in [1.165, 1.54) is 12.1 Å². The molecule has 27 heavy (non-hydrogen) atoms. The fourth-order valence-electron chi connectivity index (χ4n) is 3.16. The van der Waals surface area contributed by atoms with Crippen molar-refractivity contribution in [3.8, 4) is 0 Å². The summed E-state index contributed by atoms with van der Waals surface area (Å²) in [6.45, 7) is 1.53. The van der Waals surface area contributed by atoms with E-state index in [-0.39, 0.29) is 0 Å². The zero-order valence-corrected chi connectivity index (χ0v) is 15.0. The van der Waals surface area contributed by atoms with Crippen molar-refractivity contribution in [2.45, 2.75) is 51.3 Å². The fourth-order valence-corrected chi connectivity index (χ4v) is 3.16. The van der Waals surface area contributed by atoms with E-state index in [4.69, 9.17) is 0 Å². The van der Waals surface area contributed by atoms with Crippen LogP contribution in [0.25, 0.3) is 0 Å². The van der Waals surface area contributed by atoms with Crippen LogP contribution in [0.1, 0.15) is 43.7 Å². The van der Waals surface area contributed by atoms with Crippen LogP contribution in [0.2, 0.25) is 6.32 Å². The van der Waals surface area contributed by atoms with Crippen molar-refractivity contribution in [2.24, 2.45) is 0 Å². The molecule has 0 N–H and O–H groups in total. The van der Waals surface area contributed by atoms with Crippen LogP contribution in [0.15, 0.2) is 48.5 Å². The molecule has 0 atom stereocenters. The maximum Gasteiger partial charge on any atom is 0.416 e. The Morgan fingerprint density at radius 1 is 0.704 bits per heavy atom. The van der Waals surface area contributed by atoms with Gasteiger partial charge in [0, 0.05) is 0 Å². The molecule has 0 saturated heterocycles. The average molecular weight is 386 g/mol. The van der Waals surface area contributed by atoms with E-state index >= 15 is 0 Å². The van der Waals surface area contributed by atoms with E-state index in [0.29, 0.717) is 17.2 Å². The van der Waals surface area contributed by atoms with E-state index in [0.717, 1.165) is 49.9 Å². The van der Waals surface area contributed by atoms with Gasteiger partial charge in [0.2, 0.25) is 6.71 Å². The summed E-state index contributed by atoms with van der Waals surface area (Å²) >= 11 is 0. The van der Waals surface area contributed by atoms with Gasteiger partial charge in [0.15, 0.2) is 0 Å². The lowest BCUT2D eigenvalue weighted by molar-refractivity contribution is -0.138. The molecule has 0 aliphatic carbocycles. The standard InChI is InChI=1S/C20H21BF6/c1-2-3-4-5-12-21(17-10-6-8-15(13-17)19(22,23)24)18-11-7-9-16(14-18)20(25,26)27/h6-11,13-14H,2-5,12H2,1H3. The van der Waals surface area contributed by atoms with Gasteiger partial charge in [-0.05, 0) is 0 Å². The quantitative estimate of drug-likeness (QED) is 0.315. The van der Waals surface area contributed by atoms with Crippen molar-refractivity contribution in [3.05, 3.63) is 59.7 Å². The second-order valence-corrected chi connectivity index (χ2v) is 6.65. The number of hydrogen-bond acceptors (Lipinski definition) is 0. The van der Waals surface area contributed by atoms with Crippen molar-refractivity contribution >= 4 is 17.6 Å². The van der Waals surface area contributed by atoms with Gasteiger partial charge < -0.3 is 0 Å². The highest BCUT2D eigenvalue weighted by molar-refractivity contribution is 6.85. The van der Waals surface area contributed by atoms with Crippen molar-refractivity contribution < 1.29 is 26.3 Å². The summed E-state index contributed by atoms with van der Waals surface area (Å²) in [7, 11) is 0.